The number of hydrogen-bond acceptors (Lipinski definition) is 2. The fourth-order valence-corrected chi connectivity index (χ4v) is 1.61. The summed E-state index contributed by atoms with van der Waals surface area (Å²) in [6.07, 6.45) is -1.02. The van der Waals surface area contributed by atoms with Crippen LogP contribution in [0.5, 0.6) is 0 Å². The molecule has 0 aromatic heterocycles. The lowest BCUT2D eigenvalue weighted by atomic mass is 10.1. The Morgan fingerprint density at radius 2 is 2.00 bits per heavy atom. The number of carbonyl (C=O) groups is 1. The van der Waals surface area contributed by atoms with Gasteiger partial charge in [-0.1, -0.05) is 11.6 Å². The van der Waals surface area contributed by atoms with E-state index in [-0.39, 0.29) is 0 Å². The van der Waals surface area contributed by atoms with E-state index in [2.05, 4.69) is 0 Å². The van der Waals surface area contributed by atoms with Gasteiger partial charge in [0.25, 0.3) is 0 Å². The van der Waals surface area contributed by atoms with Gasteiger partial charge in [0.1, 0.15) is 0 Å². The van der Waals surface area contributed by atoms with E-state index in [0.29, 0.717) is 16.4 Å². The van der Waals surface area contributed by atoms with Crippen molar-refractivity contribution >= 4 is 29.1 Å². The van der Waals surface area contributed by atoms with Gasteiger partial charge < -0.3 is 10.8 Å². The number of hydrogen-bond donors (Lipinski definition) is 2. The molecule has 0 aliphatic rings. The molecule has 1 rings (SSSR count). The Morgan fingerprint density at radius 3 is 2.38 bits per heavy atom. The molecule has 4 nitrogen and oxygen atoms in total. The second kappa shape index (κ2) is 4.22. The normalized spacial score (nSPS) is 11.2. The molecular formula is C11H15ClN2O2. The maximum atomic E-state index is 11.2. The summed E-state index contributed by atoms with van der Waals surface area (Å²) in [5.41, 5.74) is 5.99. The first-order valence-electron chi connectivity index (χ1n) is 4.81. The highest BCUT2D eigenvalue weighted by molar-refractivity contribution is 6.33. The maximum Gasteiger partial charge on any atom is 0.412 e. The number of amides is 1. The van der Waals surface area contributed by atoms with Gasteiger partial charge in [0.05, 0.1) is 10.7 Å². The molecule has 5 heteroatoms. The summed E-state index contributed by atoms with van der Waals surface area (Å²) in [6.45, 7) is 5.43. The zero-order chi connectivity index (χ0) is 12.5. The van der Waals surface area contributed by atoms with Crippen LogP contribution in [0, 0.1) is 0 Å². The highest BCUT2D eigenvalue weighted by Crippen LogP contribution is 2.29. The molecule has 0 unspecified atom stereocenters. The van der Waals surface area contributed by atoms with Crippen molar-refractivity contribution in [3.8, 4) is 0 Å². The van der Waals surface area contributed by atoms with Crippen molar-refractivity contribution in [1.82, 2.24) is 0 Å². The Labute approximate surface area is 99.6 Å². The van der Waals surface area contributed by atoms with E-state index in [1.165, 1.54) is 4.90 Å². The number of nitrogens with two attached hydrogens (primary N) is 1. The van der Waals surface area contributed by atoms with Crippen LogP contribution in [0.3, 0.4) is 0 Å². The van der Waals surface area contributed by atoms with Crippen LogP contribution in [0.25, 0.3) is 0 Å². The van der Waals surface area contributed by atoms with Gasteiger partial charge in [0.15, 0.2) is 0 Å². The van der Waals surface area contributed by atoms with Crippen LogP contribution in [0.1, 0.15) is 20.8 Å². The van der Waals surface area contributed by atoms with Crippen molar-refractivity contribution < 1.29 is 9.90 Å². The molecule has 3 N–H and O–H groups in total. The third-order valence-corrected chi connectivity index (χ3v) is 2.43. The van der Waals surface area contributed by atoms with E-state index in [9.17, 15) is 9.90 Å². The van der Waals surface area contributed by atoms with E-state index < -0.39 is 11.6 Å². The van der Waals surface area contributed by atoms with Crippen LogP contribution >= 0.6 is 11.6 Å². The number of benzene rings is 1. The van der Waals surface area contributed by atoms with Gasteiger partial charge in [-0.15, -0.1) is 0 Å². The molecule has 0 saturated heterocycles. The number of rotatable bonds is 1. The van der Waals surface area contributed by atoms with E-state index in [1.54, 1.807) is 18.2 Å². The van der Waals surface area contributed by atoms with Crippen LogP contribution in [-0.2, 0) is 0 Å². The summed E-state index contributed by atoms with van der Waals surface area (Å²) in [4.78, 5) is 12.4. The second-order valence-corrected chi connectivity index (χ2v) is 4.90. The first-order valence-corrected chi connectivity index (χ1v) is 5.19. The Morgan fingerprint density at radius 1 is 1.44 bits per heavy atom. The largest absolute Gasteiger partial charge is 0.465 e. The van der Waals surface area contributed by atoms with Crippen molar-refractivity contribution in [2.45, 2.75) is 26.3 Å². The molecule has 1 aromatic carbocycles. The summed E-state index contributed by atoms with van der Waals surface area (Å²) in [6, 6.07) is 4.79. The van der Waals surface area contributed by atoms with Gasteiger partial charge in [-0.3, -0.25) is 4.90 Å². The predicted octanol–water partition coefficient (Wildman–Crippen LogP) is 3.21. The molecule has 1 aromatic rings. The minimum atomic E-state index is -1.02. The Balaban J connectivity index is 3.22. The molecule has 0 fully saturated rings. The van der Waals surface area contributed by atoms with Crippen molar-refractivity contribution in [3.63, 3.8) is 0 Å². The molecule has 16 heavy (non-hydrogen) atoms. The average Bonchev–Trinajstić information content (AvgIpc) is 2.08. The lowest BCUT2D eigenvalue weighted by molar-refractivity contribution is 0.195. The molecule has 0 radical (unpaired) electrons. The summed E-state index contributed by atoms with van der Waals surface area (Å²) in [5.74, 6) is 0. The summed E-state index contributed by atoms with van der Waals surface area (Å²) < 4.78 is 0. The molecule has 0 aliphatic carbocycles. The van der Waals surface area contributed by atoms with Crippen LogP contribution in [0.15, 0.2) is 18.2 Å². The van der Waals surface area contributed by atoms with Crippen molar-refractivity contribution in [3.05, 3.63) is 23.2 Å². The molecule has 1 amide bonds. The first-order chi connectivity index (χ1) is 7.23. The molecule has 0 saturated carbocycles. The Bertz CT molecular complexity index is 413. The minimum absolute atomic E-state index is 0.355. The monoisotopic (exact) mass is 242 g/mol. The number of nitrogens with zero attached hydrogens (tertiary/aromatic N) is 1. The van der Waals surface area contributed by atoms with E-state index >= 15 is 0 Å². The quantitative estimate of drug-likeness (QED) is 0.743. The number of nitrogen functional groups attached to an aromatic ring is 1. The molecule has 88 valence electrons. The van der Waals surface area contributed by atoms with E-state index in [1.807, 2.05) is 20.8 Å². The second-order valence-electron chi connectivity index (χ2n) is 4.49. The summed E-state index contributed by atoms with van der Waals surface area (Å²) in [5, 5.41) is 9.53. The van der Waals surface area contributed by atoms with Crippen molar-refractivity contribution in [1.29, 1.82) is 0 Å². The Kier molecular flexibility index (Phi) is 3.33. The maximum absolute atomic E-state index is 11.2. The molecule has 0 heterocycles. The fraction of sp³-hybridized carbons (Fsp3) is 0.364. The topological polar surface area (TPSA) is 66.6 Å². The summed E-state index contributed by atoms with van der Waals surface area (Å²) >= 11 is 5.87. The van der Waals surface area contributed by atoms with Crippen molar-refractivity contribution in [2.75, 3.05) is 10.6 Å². The zero-order valence-corrected chi connectivity index (χ0v) is 10.2. The van der Waals surface area contributed by atoms with Gasteiger partial charge in [-0.2, -0.15) is 0 Å². The average molecular weight is 243 g/mol. The SMILES string of the molecule is CC(C)(C)N(C(=O)O)c1ccc(N)c(Cl)c1. The lowest BCUT2D eigenvalue weighted by Crippen LogP contribution is -2.45. The number of anilines is 2. The van der Waals surface area contributed by atoms with Gasteiger partial charge in [0.2, 0.25) is 0 Å². The van der Waals surface area contributed by atoms with Crippen LogP contribution < -0.4 is 10.6 Å². The van der Waals surface area contributed by atoms with Gasteiger partial charge in [0, 0.05) is 11.2 Å². The smallest absolute Gasteiger partial charge is 0.412 e. The van der Waals surface area contributed by atoms with E-state index in [4.69, 9.17) is 17.3 Å². The fourth-order valence-electron chi connectivity index (χ4n) is 1.44. The van der Waals surface area contributed by atoms with Crippen molar-refractivity contribution in [2.24, 2.45) is 0 Å². The standard InChI is InChI=1S/C11H15ClN2O2/c1-11(2,3)14(10(15)16)7-4-5-9(13)8(12)6-7/h4-6H,13H2,1-3H3,(H,15,16). The molecule has 0 atom stereocenters. The van der Waals surface area contributed by atoms with Crippen LogP contribution in [-0.4, -0.2) is 16.7 Å². The lowest BCUT2D eigenvalue weighted by Gasteiger charge is -2.33. The van der Waals surface area contributed by atoms with E-state index in [0.717, 1.165) is 0 Å². The van der Waals surface area contributed by atoms with Crippen LogP contribution in [0.2, 0.25) is 5.02 Å². The number of halogens is 1. The third kappa shape index (κ3) is 2.58. The first kappa shape index (κ1) is 12.6. The van der Waals surface area contributed by atoms with Gasteiger partial charge in [-0.25, -0.2) is 4.79 Å². The highest BCUT2D eigenvalue weighted by atomic mass is 35.5. The van der Waals surface area contributed by atoms with Gasteiger partial charge in [-0.05, 0) is 39.0 Å². The highest BCUT2D eigenvalue weighted by Gasteiger charge is 2.27. The predicted molar refractivity (Wildman–Crippen MR) is 66.1 cm³/mol. The molecule has 0 aliphatic heterocycles. The molecule has 0 bridgehead atoms. The van der Waals surface area contributed by atoms with Gasteiger partial charge >= 0.3 is 6.09 Å². The molecule has 0 spiro atoms. The Hall–Kier alpha value is -1.42. The van der Waals surface area contributed by atoms with Crippen LogP contribution in [0.4, 0.5) is 16.2 Å². The molecular weight excluding hydrogens is 228 g/mol. The summed E-state index contributed by atoms with van der Waals surface area (Å²) in [7, 11) is 0. The zero-order valence-electron chi connectivity index (χ0n) is 9.49. The minimum Gasteiger partial charge on any atom is -0.465 e. The number of carboxylic acid groups (broad SMARTS) is 1. The third-order valence-electron chi connectivity index (χ3n) is 2.10.